The molecule has 0 radical (unpaired) electrons. The number of thiophene rings is 1. The SMILES string of the molecule is CNC1(CCN(C)Cc2cc(Br)cs2)CCCCC1. The van der Waals surface area contributed by atoms with Gasteiger partial charge in [0.05, 0.1) is 0 Å². The molecule has 0 atom stereocenters. The first-order valence-corrected chi connectivity index (χ1v) is 8.91. The van der Waals surface area contributed by atoms with Gasteiger partial charge in [-0.3, -0.25) is 0 Å². The highest BCUT2D eigenvalue weighted by Crippen LogP contribution is 2.31. The van der Waals surface area contributed by atoms with Gasteiger partial charge in [-0.15, -0.1) is 11.3 Å². The molecule has 0 bridgehead atoms. The van der Waals surface area contributed by atoms with Gasteiger partial charge in [0, 0.05) is 26.8 Å². The standard InChI is InChI=1S/C15H25BrN2S/c1-17-15(6-4-3-5-7-15)8-9-18(2)11-14-10-13(16)12-19-14/h10,12,17H,3-9,11H2,1-2H3. The fourth-order valence-electron chi connectivity index (χ4n) is 3.04. The summed E-state index contributed by atoms with van der Waals surface area (Å²) in [4.78, 5) is 3.89. The van der Waals surface area contributed by atoms with Crippen molar-refractivity contribution < 1.29 is 0 Å². The highest BCUT2D eigenvalue weighted by molar-refractivity contribution is 9.10. The van der Waals surface area contributed by atoms with Crippen LogP contribution in [0.4, 0.5) is 0 Å². The van der Waals surface area contributed by atoms with Gasteiger partial charge in [-0.2, -0.15) is 0 Å². The van der Waals surface area contributed by atoms with E-state index in [0.29, 0.717) is 5.54 Å². The van der Waals surface area contributed by atoms with Crippen molar-refractivity contribution >= 4 is 27.3 Å². The van der Waals surface area contributed by atoms with Crippen LogP contribution >= 0.6 is 27.3 Å². The lowest BCUT2D eigenvalue weighted by atomic mass is 9.79. The molecule has 0 aliphatic heterocycles. The smallest absolute Gasteiger partial charge is 0.0325 e. The van der Waals surface area contributed by atoms with Crippen LogP contribution in [0.25, 0.3) is 0 Å². The van der Waals surface area contributed by atoms with E-state index in [-0.39, 0.29) is 0 Å². The average molecular weight is 345 g/mol. The van der Waals surface area contributed by atoms with Crippen molar-refractivity contribution in [1.29, 1.82) is 0 Å². The Morgan fingerprint density at radius 1 is 1.37 bits per heavy atom. The Labute approximate surface area is 129 Å². The summed E-state index contributed by atoms with van der Waals surface area (Å²) in [5.41, 5.74) is 0.405. The molecule has 2 rings (SSSR count). The molecular weight excluding hydrogens is 320 g/mol. The summed E-state index contributed by atoms with van der Waals surface area (Å²) in [7, 11) is 4.38. The van der Waals surface area contributed by atoms with Crippen molar-refractivity contribution in [2.75, 3.05) is 20.6 Å². The molecule has 108 valence electrons. The van der Waals surface area contributed by atoms with E-state index < -0.39 is 0 Å². The lowest BCUT2D eigenvalue weighted by Crippen LogP contribution is -2.46. The van der Waals surface area contributed by atoms with E-state index in [4.69, 9.17) is 0 Å². The molecular formula is C15H25BrN2S. The number of nitrogens with one attached hydrogen (secondary N) is 1. The molecule has 2 nitrogen and oxygen atoms in total. The quantitative estimate of drug-likeness (QED) is 0.829. The molecule has 1 heterocycles. The topological polar surface area (TPSA) is 15.3 Å². The maximum atomic E-state index is 3.61. The first kappa shape index (κ1) is 15.5. The molecule has 1 fully saturated rings. The van der Waals surface area contributed by atoms with Gasteiger partial charge in [-0.05, 0) is 61.9 Å². The van der Waals surface area contributed by atoms with E-state index in [9.17, 15) is 0 Å². The van der Waals surface area contributed by atoms with Gasteiger partial charge in [0.2, 0.25) is 0 Å². The number of hydrogen-bond acceptors (Lipinski definition) is 3. The van der Waals surface area contributed by atoms with Crippen molar-refractivity contribution in [3.63, 3.8) is 0 Å². The van der Waals surface area contributed by atoms with Crippen LogP contribution in [0.3, 0.4) is 0 Å². The van der Waals surface area contributed by atoms with Gasteiger partial charge in [0.25, 0.3) is 0 Å². The van der Waals surface area contributed by atoms with E-state index in [0.717, 1.165) is 6.54 Å². The predicted molar refractivity (Wildman–Crippen MR) is 87.8 cm³/mol. The molecule has 19 heavy (non-hydrogen) atoms. The Morgan fingerprint density at radius 2 is 2.11 bits per heavy atom. The van der Waals surface area contributed by atoms with Crippen LogP contribution in [0.2, 0.25) is 0 Å². The molecule has 1 aromatic rings. The third kappa shape index (κ3) is 4.55. The minimum absolute atomic E-state index is 0.405. The minimum atomic E-state index is 0.405. The Hall–Kier alpha value is 0.1000. The van der Waals surface area contributed by atoms with Gasteiger partial charge < -0.3 is 10.2 Å². The summed E-state index contributed by atoms with van der Waals surface area (Å²) in [6, 6.07) is 2.23. The number of rotatable bonds is 6. The van der Waals surface area contributed by atoms with Gasteiger partial charge in [-0.1, -0.05) is 19.3 Å². The summed E-state index contributed by atoms with van der Waals surface area (Å²) >= 11 is 5.37. The van der Waals surface area contributed by atoms with Crippen LogP contribution in [-0.4, -0.2) is 31.1 Å². The molecule has 0 spiro atoms. The van der Waals surface area contributed by atoms with E-state index in [1.165, 1.54) is 54.4 Å². The zero-order chi connectivity index (χ0) is 13.7. The Morgan fingerprint density at radius 3 is 2.68 bits per heavy atom. The normalized spacial score (nSPS) is 18.9. The Bertz CT molecular complexity index is 385. The summed E-state index contributed by atoms with van der Waals surface area (Å²) < 4.78 is 1.21. The summed E-state index contributed by atoms with van der Waals surface area (Å²) in [6.45, 7) is 2.24. The molecule has 1 aliphatic rings. The molecule has 4 heteroatoms. The highest BCUT2D eigenvalue weighted by Gasteiger charge is 2.29. The highest BCUT2D eigenvalue weighted by atomic mass is 79.9. The zero-order valence-corrected chi connectivity index (χ0v) is 14.4. The summed E-state index contributed by atoms with van der Waals surface area (Å²) in [6.07, 6.45) is 8.17. The molecule has 0 unspecified atom stereocenters. The van der Waals surface area contributed by atoms with Crippen molar-refractivity contribution in [2.45, 2.75) is 50.6 Å². The monoisotopic (exact) mass is 344 g/mol. The first-order valence-electron chi connectivity index (χ1n) is 7.24. The molecule has 1 aliphatic carbocycles. The summed E-state index contributed by atoms with van der Waals surface area (Å²) in [5.74, 6) is 0. The van der Waals surface area contributed by atoms with Crippen LogP contribution < -0.4 is 5.32 Å². The molecule has 1 N–H and O–H groups in total. The number of halogens is 1. The van der Waals surface area contributed by atoms with E-state index in [1.54, 1.807) is 0 Å². The van der Waals surface area contributed by atoms with Crippen LogP contribution in [0, 0.1) is 0 Å². The van der Waals surface area contributed by atoms with Crippen molar-refractivity contribution in [1.82, 2.24) is 10.2 Å². The van der Waals surface area contributed by atoms with Gasteiger partial charge in [0.15, 0.2) is 0 Å². The lowest BCUT2D eigenvalue weighted by Gasteiger charge is -2.38. The van der Waals surface area contributed by atoms with E-state index >= 15 is 0 Å². The summed E-state index contributed by atoms with van der Waals surface area (Å²) in [5, 5.41) is 5.78. The molecule has 1 saturated carbocycles. The zero-order valence-electron chi connectivity index (χ0n) is 12.0. The molecule has 0 saturated heterocycles. The van der Waals surface area contributed by atoms with E-state index in [2.05, 4.69) is 51.7 Å². The molecule has 0 aromatic carbocycles. The lowest BCUT2D eigenvalue weighted by molar-refractivity contribution is 0.195. The Kier molecular flexibility index (Phi) is 5.87. The van der Waals surface area contributed by atoms with Gasteiger partial charge >= 0.3 is 0 Å². The van der Waals surface area contributed by atoms with Crippen molar-refractivity contribution in [2.24, 2.45) is 0 Å². The maximum absolute atomic E-state index is 3.61. The van der Waals surface area contributed by atoms with Gasteiger partial charge in [-0.25, -0.2) is 0 Å². The van der Waals surface area contributed by atoms with Crippen LogP contribution in [0.1, 0.15) is 43.4 Å². The third-order valence-electron chi connectivity index (χ3n) is 4.36. The number of hydrogen-bond donors (Lipinski definition) is 1. The third-order valence-corrected chi connectivity index (χ3v) is 6.04. The predicted octanol–water partition coefficient (Wildman–Crippen LogP) is 4.25. The fourth-order valence-corrected chi connectivity index (χ4v) is 4.57. The van der Waals surface area contributed by atoms with Crippen LogP contribution in [0.15, 0.2) is 15.9 Å². The van der Waals surface area contributed by atoms with Gasteiger partial charge in [0.1, 0.15) is 0 Å². The van der Waals surface area contributed by atoms with Crippen LogP contribution in [0.5, 0.6) is 0 Å². The van der Waals surface area contributed by atoms with Crippen molar-refractivity contribution in [3.05, 3.63) is 20.8 Å². The average Bonchev–Trinajstić information content (AvgIpc) is 2.83. The maximum Gasteiger partial charge on any atom is 0.0325 e. The second-order valence-corrected chi connectivity index (χ2v) is 7.72. The second-order valence-electron chi connectivity index (χ2n) is 5.81. The second kappa shape index (κ2) is 7.21. The van der Waals surface area contributed by atoms with Crippen molar-refractivity contribution in [3.8, 4) is 0 Å². The molecule has 1 aromatic heterocycles. The van der Waals surface area contributed by atoms with Crippen LogP contribution in [-0.2, 0) is 6.54 Å². The first-order chi connectivity index (χ1) is 9.13. The molecule has 0 amide bonds. The largest absolute Gasteiger partial charge is 0.314 e. The fraction of sp³-hybridized carbons (Fsp3) is 0.733. The van der Waals surface area contributed by atoms with E-state index in [1.807, 2.05) is 11.3 Å². The number of nitrogens with zero attached hydrogens (tertiary/aromatic N) is 1. The minimum Gasteiger partial charge on any atom is -0.314 e. The Balaban J connectivity index is 1.80.